The summed E-state index contributed by atoms with van der Waals surface area (Å²) in [5, 5.41) is -0.301. The predicted octanol–water partition coefficient (Wildman–Crippen LogP) is 0.459. The number of nitrogens with zero attached hydrogens (tertiary/aromatic N) is 2. The first-order valence-corrected chi connectivity index (χ1v) is 8.30. The molecule has 2 rings (SSSR count). The van der Waals surface area contributed by atoms with E-state index in [1.165, 1.54) is 30.6 Å². The first kappa shape index (κ1) is 13.6. The molecule has 0 N–H and O–H groups in total. The Hall–Kier alpha value is -1.87. The largest absolute Gasteiger partial charge is 0.362 e. The minimum absolute atomic E-state index is 0.296. The minimum atomic E-state index is -3.84. The van der Waals surface area contributed by atoms with Crippen LogP contribution in [-0.4, -0.2) is 32.0 Å². The lowest BCUT2D eigenvalue weighted by molar-refractivity contribution is 0.478. The van der Waals surface area contributed by atoms with E-state index in [0.717, 1.165) is 10.2 Å². The Kier molecular flexibility index (Phi) is 3.33. The molecule has 0 aliphatic heterocycles. The normalized spacial score (nSPS) is 12.3. The monoisotopic (exact) mass is 302 g/mol. The first-order chi connectivity index (χ1) is 8.79. The van der Waals surface area contributed by atoms with Crippen molar-refractivity contribution in [2.24, 2.45) is 0 Å². The molecule has 102 valence electrons. The van der Waals surface area contributed by atoms with E-state index in [1.807, 2.05) is 0 Å². The van der Waals surface area contributed by atoms with E-state index in [1.54, 1.807) is 12.1 Å². The summed E-state index contributed by atoms with van der Waals surface area (Å²) in [6.07, 6.45) is 3.55. The van der Waals surface area contributed by atoms with Crippen LogP contribution >= 0.6 is 0 Å². The van der Waals surface area contributed by atoms with Crippen molar-refractivity contribution in [2.75, 3.05) is 6.26 Å². The Labute approximate surface area is 110 Å². The second-order valence-corrected chi connectivity index (χ2v) is 6.98. The van der Waals surface area contributed by atoms with E-state index in [4.69, 9.17) is 0 Å². The van der Waals surface area contributed by atoms with Crippen LogP contribution in [0.2, 0.25) is 0 Å². The van der Waals surface area contributed by atoms with E-state index in [-0.39, 0.29) is 10.9 Å². The molecule has 0 aliphatic carbocycles. The second-order valence-electron chi connectivity index (χ2n) is 3.62. The highest BCUT2D eigenvalue weighted by Crippen LogP contribution is 2.16. The Morgan fingerprint density at radius 1 is 1.05 bits per heavy atom. The predicted molar refractivity (Wildman–Crippen MR) is 66.7 cm³/mol. The summed E-state index contributed by atoms with van der Waals surface area (Å²) in [5.74, 6) is -0.296. The third kappa shape index (κ3) is 3.12. The second kappa shape index (κ2) is 4.67. The summed E-state index contributed by atoms with van der Waals surface area (Å²) in [7, 11) is -7.60. The molecular weight excluding hydrogens is 292 g/mol. The van der Waals surface area contributed by atoms with Crippen LogP contribution in [0.5, 0.6) is 5.88 Å². The Bertz CT molecular complexity index is 779. The Morgan fingerprint density at radius 2 is 1.68 bits per heavy atom. The van der Waals surface area contributed by atoms with Gasteiger partial charge in [0.25, 0.3) is 10.0 Å². The number of hydrogen-bond donors (Lipinski definition) is 0. The van der Waals surface area contributed by atoms with Gasteiger partial charge in [0.2, 0.25) is 5.88 Å². The maximum Gasteiger partial charge on any atom is 0.307 e. The van der Waals surface area contributed by atoms with Gasteiger partial charge in [0.15, 0.2) is 5.03 Å². The third-order valence-corrected chi connectivity index (χ3v) is 4.08. The van der Waals surface area contributed by atoms with Gasteiger partial charge in [-0.3, -0.25) is 0 Å². The topological polar surface area (TPSA) is 95.3 Å². The Morgan fingerprint density at radius 3 is 2.26 bits per heavy atom. The van der Waals surface area contributed by atoms with Crippen molar-refractivity contribution in [2.45, 2.75) is 5.03 Å². The van der Waals surface area contributed by atoms with Crippen molar-refractivity contribution in [1.82, 2.24) is 8.96 Å². The van der Waals surface area contributed by atoms with Crippen LogP contribution in [0.4, 0.5) is 0 Å². The SMILES string of the molecule is CS(=O)(=O)Oc1cccc(S(=O)(=O)n2cccc2)n1. The molecule has 0 spiro atoms. The maximum absolute atomic E-state index is 12.1. The number of aromatic nitrogens is 2. The van der Waals surface area contributed by atoms with Gasteiger partial charge >= 0.3 is 10.1 Å². The zero-order valence-electron chi connectivity index (χ0n) is 9.79. The molecule has 0 unspecified atom stereocenters. The fourth-order valence-corrected chi connectivity index (χ4v) is 2.86. The summed E-state index contributed by atoms with van der Waals surface area (Å²) in [4.78, 5) is 3.68. The van der Waals surface area contributed by atoms with Gasteiger partial charge in [-0.1, -0.05) is 6.07 Å². The molecular formula is C10H10N2O5S2. The third-order valence-electron chi connectivity index (χ3n) is 2.05. The van der Waals surface area contributed by atoms with Gasteiger partial charge in [-0.2, -0.15) is 21.8 Å². The van der Waals surface area contributed by atoms with E-state index in [2.05, 4.69) is 9.17 Å². The summed E-state index contributed by atoms with van der Waals surface area (Å²) in [6, 6.07) is 6.97. The molecule has 0 bridgehead atoms. The molecule has 0 atom stereocenters. The molecule has 0 amide bonds. The van der Waals surface area contributed by atoms with Gasteiger partial charge in [0.1, 0.15) is 0 Å². The van der Waals surface area contributed by atoms with Crippen LogP contribution in [0.25, 0.3) is 0 Å². The standard InChI is InChI=1S/C10H10N2O5S2/c1-18(13,14)17-9-5-4-6-10(11-9)19(15,16)12-7-2-3-8-12/h2-8H,1H3. The first-order valence-electron chi connectivity index (χ1n) is 5.04. The Balaban J connectivity index is 2.45. The highest BCUT2D eigenvalue weighted by Gasteiger charge is 2.18. The molecule has 0 saturated carbocycles. The molecule has 0 aromatic carbocycles. The van der Waals surface area contributed by atoms with Crippen molar-refractivity contribution in [3.05, 3.63) is 42.7 Å². The van der Waals surface area contributed by atoms with Crippen LogP contribution in [0.15, 0.2) is 47.8 Å². The summed E-state index contributed by atoms with van der Waals surface area (Å²) >= 11 is 0. The van der Waals surface area contributed by atoms with Gasteiger partial charge in [-0.15, -0.1) is 0 Å². The van der Waals surface area contributed by atoms with Crippen LogP contribution < -0.4 is 4.18 Å². The molecule has 0 fully saturated rings. The molecule has 7 nitrogen and oxygen atoms in total. The van der Waals surface area contributed by atoms with E-state index < -0.39 is 20.1 Å². The number of rotatable bonds is 4. The summed E-state index contributed by atoms with van der Waals surface area (Å²) in [6.45, 7) is 0. The smallest absolute Gasteiger partial charge is 0.307 e. The van der Waals surface area contributed by atoms with Crippen LogP contribution in [0.1, 0.15) is 0 Å². The minimum Gasteiger partial charge on any atom is -0.362 e. The maximum atomic E-state index is 12.1. The highest BCUT2D eigenvalue weighted by atomic mass is 32.2. The van der Waals surface area contributed by atoms with E-state index in [0.29, 0.717) is 0 Å². The zero-order chi connectivity index (χ0) is 14.1. The lowest BCUT2D eigenvalue weighted by Crippen LogP contribution is -2.14. The summed E-state index contributed by atoms with van der Waals surface area (Å²) in [5.41, 5.74) is 0. The van der Waals surface area contributed by atoms with Gasteiger partial charge in [0.05, 0.1) is 6.26 Å². The fraction of sp³-hybridized carbons (Fsp3) is 0.100. The van der Waals surface area contributed by atoms with Crippen LogP contribution in [0, 0.1) is 0 Å². The van der Waals surface area contributed by atoms with Gasteiger partial charge in [0, 0.05) is 18.5 Å². The van der Waals surface area contributed by atoms with Crippen molar-refractivity contribution in [1.29, 1.82) is 0 Å². The molecule has 2 aromatic rings. The molecule has 0 aliphatic rings. The number of pyridine rings is 1. The van der Waals surface area contributed by atoms with Crippen molar-refractivity contribution in [3.63, 3.8) is 0 Å². The molecule has 19 heavy (non-hydrogen) atoms. The van der Waals surface area contributed by atoms with Gasteiger partial charge in [-0.25, -0.2) is 3.97 Å². The van der Waals surface area contributed by atoms with Crippen molar-refractivity contribution >= 4 is 20.1 Å². The molecule has 9 heteroatoms. The fourth-order valence-electron chi connectivity index (χ4n) is 1.33. The average Bonchev–Trinajstić information content (AvgIpc) is 2.80. The van der Waals surface area contributed by atoms with Gasteiger partial charge < -0.3 is 4.18 Å². The van der Waals surface area contributed by atoms with Crippen molar-refractivity contribution < 1.29 is 21.0 Å². The van der Waals surface area contributed by atoms with E-state index in [9.17, 15) is 16.8 Å². The molecule has 0 radical (unpaired) electrons. The highest BCUT2D eigenvalue weighted by molar-refractivity contribution is 7.89. The molecule has 0 saturated heterocycles. The van der Waals surface area contributed by atoms with Gasteiger partial charge in [-0.05, 0) is 18.2 Å². The molecule has 2 aromatic heterocycles. The number of hydrogen-bond acceptors (Lipinski definition) is 6. The average molecular weight is 302 g/mol. The lowest BCUT2D eigenvalue weighted by Gasteiger charge is -2.06. The molecule has 2 heterocycles. The zero-order valence-corrected chi connectivity index (χ0v) is 11.4. The van der Waals surface area contributed by atoms with Crippen LogP contribution in [0.3, 0.4) is 0 Å². The summed E-state index contributed by atoms with van der Waals surface area (Å²) < 4.78 is 51.7. The van der Waals surface area contributed by atoms with Crippen LogP contribution in [-0.2, 0) is 20.1 Å². The van der Waals surface area contributed by atoms with E-state index >= 15 is 0 Å². The van der Waals surface area contributed by atoms with Crippen molar-refractivity contribution in [3.8, 4) is 5.88 Å². The quantitative estimate of drug-likeness (QED) is 0.761. The lowest BCUT2D eigenvalue weighted by atomic mass is 10.5.